The van der Waals surface area contributed by atoms with Crippen LogP contribution < -0.4 is 0 Å². The number of halogens is 2. The zero-order valence-corrected chi connectivity index (χ0v) is 9.92. The zero-order valence-electron chi connectivity index (χ0n) is 9.17. The number of benzene rings is 1. The molecule has 0 saturated heterocycles. The van der Waals surface area contributed by atoms with Gasteiger partial charge in [0, 0.05) is 12.2 Å². The van der Waals surface area contributed by atoms with E-state index >= 15 is 0 Å². The predicted molar refractivity (Wildman–Crippen MR) is 62.2 cm³/mol. The molecule has 0 amide bonds. The maximum atomic E-state index is 13.0. The van der Waals surface area contributed by atoms with Gasteiger partial charge in [0.05, 0.1) is 17.0 Å². The Bertz CT molecular complexity index is 520. The van der Waals surface area contributed by atoms with Gasteiger partial charge in [-0.25, -0.2) is 9.37 Å². The summed E-state index contributed by atoms with van der Waals surface area (Å²) >= 11 is 5.73. The molecule has 0 aliphatic carbocycles. The predicted octanol–water partition coefficient (Wildman–Crippen LogP) is 3.34. The molecule has 0 aliphatic rings. The van der Waals surface area contributed by atoms with E-state index in [0.29, 0.717) is 6.54 Å². The summed E-state index contributed by atoms with van der Waals surface area (Å²) in [6.07, 6.45) is 1.78. The molecule has 2 rings (SSSR count). The SMILES string of the molecule is Cc1ncn(Cc2ccc(F)c(Cl)c2)c1C. The Kier molecular flexibility index (Phi) is 2.97. The van der Waals surface area contributed by atoms with Crippen LogP contribution in [0.1, 0.15) is 17.0 Å². The first-order chi connectivity index (χ1) is 7.58. The Morgan fingerprint density at radius 3 is 2.69 bits per heavy atom. The molecule has 4 heteroatoms. The maximum Gasteiger partial charge on any atom is 0.141 e. The summed E-state index contributed by atoms with van der Waals surface area (Å²) in [6, 6.07) is 4.76. The van der Waals surface area contributed by atoms with Crippen molar-refractivity contribution in [2.45, 2.75) is 20.4 Å². The van der Waals surface area contributed by atoms with Crippen LogP contribution in [0, 0.1) is 19.7 Å². The van der Waals surface area contributed by atoms with Crippen molar-refractivity contribution in [1.82, 2.24) is 9.55 Å². The second-order valence-electron chi connectivity index (χ2n) is 3.79. The summed E-state index contributed by atoms with van der Waals surface area (Å²) in [6.45, 7) is 4.63. The highest BCUT2D eigenvalue weighted by Gasteiger charge is 2.05. The van der Waals surface area contributed by atoms with Crippen LogP contribution in [0.3, 0.4) is 0 Å². The summed E-state index contributed by atoms with van der Waals surface area (Å²) in [5.74, 6) is -0.385. The molecule has 0 N–H and O–H groups in total. The minimum atomic E-state index is -0.385. The van der Waals surface area contributed by atoms with Crippen molar-refractivity contribution >= 4 is 11.6 Å². The lowest BCUT2D eigenvalue weighted by Crippen LogP contribution is -2.00. The molecular formula is C12H12ClFN2. The molecule has 0 radical (unpaired) electrons. The second kappa shape index (κ2) is 4.26. The first-order valence-corrected chi connectivity index (χ1v) is 5.38. The van der Waals surface area contributed by atoms with Crippen molar-refractivity contribution < 1.29 is 4.39 Å². The second-order valence-corrected chi connectivity index (χ2v) is 4.20. The van der Waals surface area contributed by atoms with Crippen molar-refractivity contribution in [3.05, 3.63) is 52.3 Å². The zero-order chi connectivity index (χ0) is 11.7. The molecule has 1 aromatic heterocycles. The van der Waals surface area contributed by atoms with E-state index in [1.165, 1.54) is 6.07 Å². The number of hydrogen-bond acceptors (Lipinski definition) is 1. The van der Waals surface area contributed by atoms with Crippen LogP contribution in [0.5, 0.6) is 0 Å². The molecule has 0 fully saturated rings. The first kappa shape index (κ1) is 11.1. The minimum absolute atomic E-state index is 0.159. The van der Waals surface area contributed by atoms with E-state index in [4.69, 9.17) is 11.6 Å². The summed E-state index contributed by atoms with van der Waals surface area (Å²) in [5.41, 5.74) is 3.08. The average molecular weight is 239 g/mol. The van der Waals surface area contributed by atoms with Gasteiger partial charge in [0.2, 0.25) is 0 Å². The Morgan fingerprint density at radius 2 is 2.12 bits per heavy atom. The van der Waals surface area contributed by atoms with E-state index < -0.39 is 0 Å². The molecule has 1 aromatic carbocycles. The van der Waals surface area contributed by atoms with Crippen molar-refractivity contribution in [2.24, 2.45) is 0 Å². The van der Waals surface area contributed by atoms with E-state index in [1.807, 2.05) is 18.4 Å². The summed E-state index contributed by atoms with van der Waals surface area (Å²) in [5, 5.41) is 0.159. The van der Waals surface area contributed by atoms with E-state index in [2.05, 4.69) is 4.98 Å². The summed E-state index contributed by atoms with van der Waals surface area (Å²) in [4.78, 5) is 4.21. The largest absolute Gasteiger partial charge is 0.330 e. The third-order valence-electron chi connectivity index (χ3n) is 2.68. The van der Waals surface area contributed by atoms with Crippen LogP contribution >= 0.6 is 11.6 Å². The molecule has 0 spiro atoms. The first-order valence-electron chi connectivity index (χ1n) is 5.00. The smallest absolute Gasteiger partial charge is 0.141 e. The van der Waals surface area contributed by atoms with Crippen molar-refractivity contribution in [1.29, 1.82) is 0 Å². The fourth-order valence-electron chi connectivity index (χ4n) is 1.54. The van der Waals surface area contributed by atoms with Gasteiger partial charge in [-0.15, -0.1) is 0 Å². The van der Waals surface area contributed by atoms with Gasteiger partial charge in [-0.2, -0.15) is 0 Å². The average Bonchev–Trinajstić information content (AvgIpc) is 2.55. The lowest BCUT2D eigenvalue weighted by atomic mass is 10.2. The van der Waals surface area contributed by atoms with Crippen LogP contribution in [0.2, 0.25) is 5.02 Å². The third kappa shape index (κ3) is 2.09. The van der Waals surface area contributed by atoms with Crippen LogP contribution in [0.25, 0.3) is 0 Å². The minimum Gasteiger partial charge on any atom is -0.330 e. The fourth-order valence-corrected chi connectivity index (χ4v) is 1.74. The molecule has 16 heavy (non-hydrogen) atoms. The van der Waals surface area contributed by atoms with Crippen LogP contribution in [0.4, 0.5) is 4.39 Å². The lowest BCUT2D eigenvalue weighted by molar-refractivity contribution is 0.626. The Balaban J connectivity index is 2.27. The van der Waals surface area contributed by atoms with E-state index in [9.17, 15) is 4.39 Å². The molecule has 2 aromatic rings. The number of nitrogens with zero attached hydrogens (tertiary/aromatic N) is 2. The molecule has 1 heterocycles. The number of hydrogen-bond donors (Lipinski definition) is 0. The van der Waals surface area contributed by atoms with Gasteiger partial charge < -0.3 is 4.57 Å². The topological polar surface area (TPSA) is 17.8 Å². The molecule has 84 valence electrons. The van der Waals surface area contributed by atoms with Crippen molar-refractivity contribution in [3.63, 3.8) is 0 Å². The van der Waals surface area contributed by atoms with E-state index in [1.54, 1.807) is 18.5 Å². The molecule has 0 aliphatic heterocycles. The monoisotopic (exact) mass is 238 g/mol. The highest BCUT2D eigenvalue weighted by molar-refractivity contribution is 6.30. The van der Waals surface area contributed by atoms with E-state index in [-0.39, 0.29) is 10.8 Å². The number of rotatable bonds is 2. The van der Waals surface area contributed by atoms with Crippen LogP contribution in [-0.4, -0.2) is 9.55 Å². The number of aromatic nitrogens is 2. The number of imidazole rings is 1. The van der Waals surface area contributed by atoms with Crippen molar-refractivity contribution in [3.8, 4) is 0 Å². The molecule has 0 saturated carbocycles. The van der Waals surface area contributed by atoms with Gasteiger partial charge in [0.1, 0.15) is 5.82 Å². The normalized spacial score (nSPS) is 10.8. The van der Waals surface area contributed by atoms with E-state index in [0.717, 1.165) is 17.0 Å². The van der Waals surface area contributed by atoms with Crippen LogP contribution in [-0.2, 0) is 6.54 Å². The number of aryl methyl sites for hydroxylation is 1. The third-order valence-corrected chi connectivity index (χ3v) is 2.97. The molecule has 0 unspecified atom stereocenters. The summed E-state index contributed by atoms with van der Waals surface area (Å²) < 4.78 is 15.0. The van der Waals surface area contributed by atoms with Gasteiger partial charge in [-0.3, -0.25) is 0 Å². The highest BCUT2D eigenvalue weighted by Crippen LogP contribution is 2.17. The van der Waals surface area contributed by atoms with Gasteiger partial charge >= 0.3 is 0 Å². The molecule has 2 nitrogen and oxygen atoms in total. The quantitative estimate of drug-likeness (QED) is 0.785. The molecular weight excluding hydrogens is 227 g/mol. The van der Waals surface area contributed by atoms with Gasteiger partial charge in [-0.05, 0) is 31.5 Å². The summed E-state index contributed by atoms with van der Waals surface area (Å²) in [7, 11) is 0. The Morgan fingerprint density at radius 1 is 1.38 bits per heavy atom. The van der Waals surface area contributed by atoms with Gasteiger partial charge in [0.25, 0.3) is 0 Å². The van der Waals surface area contributed by atoms with Gasteiger partial charge in [0.15, 0.2) is 0 Å². The maximum absolute atomic E-state index is 13.0. The van der Waals surface area contributed by atoms with Crippen molar-refractivity contribution in [2.75, 3.05) is 0 Å². The standard InChI is InChI=1S/C12H12ClFN2/c1-8-9(2)16(7-15-8)6-10-3-4-12(14)11(13)5-10/h3-5,7H,6H2,1-2H3. The highest BCUT2D eigenvalue weighted by atomic mass is 35.5. The Labute approximate surface area is 98.7 Å². The lowest BCUT2D eigenvalue weighted by Gasteiger charge is -2.06. The molecule has 0 bridgehead atoms. The fraction of sp³-hybridized carbons (Fsp3) is 0.250. The Hall–Kier alpha value is -1.35. The van der Waals surface area contributed by atoms with Gasteiger partial charge in [-0.1, -0.05) is 17.7 Å². The van der Waals surface area contributed by atoms with Crippen LogP contribution in [0.15, 0.2) is 24.5 Å². The molecule has 0 atom stereocenters.